The van der Waals surface area contributed by atoms with Crippen LogP contribution in [0.4, 0.5) is 9.18 Å². The fourth-order valence-electron chi connectivity index (χ4n) is 5.90. The Labute approximate surface area is 264 Å². The van der Waals surface area contributed by atoms with Crippen molar-refractivity contribution in [2.75, 3.05) is 26.3 Å². The summed E-state index contributed by atoms with van der Waals surface area (Å²) >= 11 is 0. The number of halogens is 1. The zero-order valence-corrected chi connectivity index (χ0v) is 26.6. The van der Waals surface area contributed by atoms with Gasteiger partial charge in [0.05, 0.1) is 23.7 Å². The summed E-state index contributed by atoms with van der Waals surface area (Å²) < 4.78 is 41.4. The van der Waals surface area contributed by atoms with E-state index in [1.807, 2.05) is 68.0 Å². The molecule has 45 heavy (non-hydrogen) atoms. The zero-order chi connectivity index (χ0) is 31.6. The summed E-state index contributed by atoms with van der Waals surface area (Å²) in [6.07, 6.45) is 5.03. The lowest BCUT2D eigenvalue weighted by Gasteiger charge is -2.39. The summed E-state index contributed by atoms with van der Waals surface area (Å²) in [6.45, 7) is 10.2. The predicted molar refractivity (Wildman–Crippen MR) is 171 cm³/mol. The molecule has 0 spiro atoms. The first kappa shape index (κ1) is 30.9. The van der Waals surface area contributed by atoms with Crippen LogP contribution in [0.15, 0.2) is 60.8 Å². The number of rotatable bonds is 9. The summed E-state index contributed by atoms with van der Waals surface area (Å²) in [6, 6.07) is 17.1. The molecule has 0 aliphatic carbocycles. The van der Waals surface area contributed by atoms with Gasteiger partial charge in [-0.3, -0.25) is 0 Å². The Morgan fingerprint density at radius 3 is 2.56 bits per heavy atom. The number of aryl methyl sites for hydroxylation is 1. The molecule has 0 bridgehead atoms. The van der Waals surface area contributed by atoms with E-state index in [0.717, 1.165) is 52.4 Å². The van der Waals surface area contributed by atoms with Gasteiger partial charge in [0.25, 0.3) is 0 Å². The highest BCUT2D eigenvalue weighted by Gasteiger charge is 2.34. The lowest BCUT2D eigenvalue weighted by Crippen LogP contribution is -2.53. The topological polar surface area (TPSA) is 75.0 Å². The van der Waals surface area contributed by atoms with Gasteiger partial charge < -0.3 is 23.8 Å². The van der Waals surface area contributed by atoms with E-state index in [-0.39, 0.29) is 30.6 Å². The van der Waals surface area contributed by atoms with Gasteiger partial charge in [0.15, 0.2) is 17.8 Å². The number of hydrogen-bond acceptors (Lipinski definition) is 6. The molecule has 8 nitrogen and oxygen atoms in total. The van der Waals surface area contributed by atoms with E-state index < -0.39 is 11.4 Å². The number of carbonyl (C=O) groups is 1. The minimum absolute atomic E-state index is 0.162. The number of ether oxygens (including phenoxy) is 4. The van der Waals surface area contributed by atoms with Gasteiger partial charge in [0.2, 0.25) is 0 Å². The van der Waals surface area contributed by atoms with Crippen molar-refractivity contribution in [3.63, 3.8) is 0 Å². The van der Waals surface area contributed by atoms with Gasteiger partial charge in [-0.1, -0.05) is 37.3 Å². The second kappa shape index (κ2) is 13.1. The number of aromatic nitrogens is 2. The van der Waals surface area contributed by atoms with Crippen LogP contribution in [-0.4, -0.2) is 52.7 Å². The van der Waals surface area contributed by atoms with Crippen LogP contribution in [0.2, 0.25) is 0 Å². The number of nitrogens with zero attached hydrogens (tertiary/aromatic N) is 3. The Morgan fingerprint density at radius 2 is 1.84 bits per heavy atom. The van der Waals surface area contributed by atoms with E-state index in [4.69, 9.17) is 24.0 Å². The molecule has 2 aliphatic heterocycles. The molecule has 1 unspecified atom stereocenters. The summed E-state index contributed by atoms with van der Waals surface area (Å²) in [5, 5.41) is 5.59. The molecule has 0 N–H and O–H groups in total. The quantitative estimate of drug-likeness (QED) is 0.190. The second-order valence-electron chi connectivity index (χ2n) is 12.9. The van der Waals surface area contributed by atoms with Crippen molar-refractivity contribution in [3.05, 3.63) is 77.7 Å². The predicted octanol–water partition coefficient (Wildman–Crippen LogP) is 7.93. The van der Waals surface area contributed by atoms with E-state index in [1.54, 1.807) is 17.0 Å². The van der Waals surface area contributed by atoms with E-state index in [0.29, 0.717) is 38.5 Å². The molecule has 3 heterocycles. The van der Waals surface area contributed by atoms with Crippen LogP contribution < -0.4 is 9.47 Å². The first-order valence-electron chi connectivity index (χ1n) is 15.9. The maximum Gasteiger partial charge on any atom is 0.410 e. The Balaban J connectivity index is 1.28. The Kier molecular flexibility index (Phi) is 8.99. The van der Waals surface area contributed by atoms with E-state index in [2.05, 4.69) is 13.0 Å². The van der Waals surface area contributed by atoms with Crippen molar-refractivity contribution >= 4 is 17.0 Å². The Hall–Kier alpha value is -4.11. The van der Waals surface area contributed by atoms with Gasteiger partial charge in [0.1, 0.15) is 18.0 Å². The third-order valence-corrected chi connectivity index (χ3v) is 8.28. The number of carbonyl (C=O) groups excluding carboxylic acids is 1. The Bertz CT molecular complexity index is 1640. The molecule has 2 fully saturated rings. The average molecular weight is 616 g/mol. The van der Waals surface area contributed by atoms with E-state index in [1.165, 1.54) is 0 Å². The molecule has 1 atom stereocenters. The molecule has 1 aromatic heterocycles. The third kappa shape index (κ3) is 7.09. The summed E-state index contributed by atoms with van der Waals surface area (Å²) in [4.78, 5) is 14.1. The van der Waals surface area contributed by atoms with Crippen LogP contribution in [-0.2, 0) is 22.5 Å². The molecule has 0 saturated carbocycles. The van der Waals surface area contributed by atoms with Crippen LogP contribution in [0.5, 0.6) is 11.5 Å². The molecular weight excluding hydrogens is 573 g/mol. The fourth-order valence-corrected chi connectivity index (χ4v) is 5.90. The molecule has 1 amide bonds. The molecular formula is C36H42FN3O5. The van der Waals surface area contributed by atoms with Gasteiger partial charge in [-0.15, -0.1) is 0 Å². The van der Waals surface area contributed by atoms with Crippen LogP contribution in [0.3, 0.4) is 0 Å². The van der Waals surface area contributed by atoms with Gasteiger partial charge in [-0.25, -0.2) is 13.9 Å². The van der Waals surface area contributed by atoms with Crippen molar-refractivity contribution in [2.24, 2.45) is 5.92 Å². The monoisotopic (exact) mass is 615 g/mol. The summed E-state index contributed by atoms with van der Waals surface area (Å²) in [7, 11) is 0. The van der Waals surface area contributed by atoms with Gasteiger partial charge in [-0.2, -0.15) is 5.10 Å². The molecule has 6 rings (SSSR count). The molecule has 2 aliphatic rings. The smallest absolute Gasteiger partial charge is 0.410 e. The number of fused-ring (bicyclic) bond motifs is 1. The minimum Gasteiger partial charge on any atom is -0.492 e. The molecule has 0 radical (unpaired) electrons. The minimum atomic E-state index is -0.532. The molecule has 4 aromatic rings. The first-order valence-corrected chi connectivity index (χ1v) is 15.9. The number of amides is 1. The SMILES string of the molecule is CCc1cc(OCc2ccccc2)c(F)cc1-c1cc(OCC2CN(C(=O)OC(C)(C)C)C2)c2cnn(C3CCCCO3)c2c1. The normalized spacial score (nSPS) is 17.3. The lowest BCUT2D eigenvalue weighted by molar-refractivity contribution is -0.0366. The molecule has 2 saturated heterocycles. The zero-order valence-electron chi connectivity index (χ0n) is 26.6. The van der Waals surface area contributed by atoms with E-state index in [9.17, 15) is 4.79 Å². The highest BCUT2D eigenvalue weighted by atomic mass is 19.1. The standard InChI is InChI=1S/C36H42FN3O5/c1-5-26-16-33(44-22-24-11-7-6-8-12-24)30(37)18-28(26)27-15-31-29(19-38-40(31)34-13-9-10-14-42-34)32(17-27)43-23-25-20-39(21-25)35(41)45-36(2,3)4/h6-8,11-12,15-19,25,34H,5,9-10,13-14,20-23H2,1-4H3. The van der Waals surface area contributed by atoms with Crippen molar-refractivity contribution in [3.8, 4) is 22.6 Å². The molecule has 9 heteroatoms. The van der Waals surface area contributed by atoms with Crippen LogP contribution in [0.25, 0.3) is 22.0 Å². The highest BCUT2D eigenvalue weighted by molar-refractivity contribution is 5.91. The summed E-state index contributed by atoms with van der Waals surface area (Å²) in [5.41, 5.74) is 3.91. The number of benzene rings is 3. The van der Waals surface area contributed by atoms with Crippen LogP contribution >= 0.6 is 0 Å². The number of hydrogen-bond donors (Lipinski definition) is 0. The van der Waals surface area contributed by atoms with E-state index >= 15 is 4.39 Å². The van der Waals surface area contributed by atoms with Crippen molar-refractivity contribution in [2.45, 2.75) is 71.8 Å². The maximum atomic E-state index is 15.6. The molecule has 238 valence electrons. The second-order valence-corrected chi connectivity index (χ2v) is 12.9. The fraction of sp³-hybridized carbons (Fsp3) is 0.444. The number of likely N-dealkylation sites (tertiary alicyclic amines) is 1. The highest BCUT2D eigenvalue weighted by Crippen LogP contribution is 2.39. The van der Waals surface area contributed by atoms with Gasteiger partial charge >= 0.3 is 6.09 Å². The summed E-state index contributed by atoms with van der Waals surface area (Å²) in [5.74, 6) is 0.670. The largest absolute Gasteiger partial charge is 0.492 e. The average Bonchev–Trinajstić information content (AvgIpc) is 3.44. The lowest BCUT2D eigenvalue weighted by atomic mass is 9.96. The van der Waals surface area contributed by atoms with Crippen LogP contribution in [0.1, 0.15) is 64.3 Å². The van der Waals surface area contributed by atoms with Gasteiger partial charge in [-0.05, 0) is 93.0 Å². The Morgan fingerprint density at radius 1 is 1.04 bits per heavy atom. The maximum absolute atomic E-state index is 15.6. The van der Waals surface area contributed by atoms with Crippen LogP contribution in [0, 0.1) is 11.7 Å². The van der Waals surface area contributed by atoms with Crippen molar-refractivity contribution in [1.82, 2.24) is 14.7 Å². The van der Waals surface area contributed by atoms with Gasteiger partial charge in [0, 0.05) is 25.6 Å². The first-order chi connectivity index (χ1) is 21.7. The molecule has 3 aromatic carbocycles. The third-order valence-electron chi connectivity index (χ3n) is 8.28. The van der Waals surface area contributed by atoms with Crippen molar-refractivity contribution in [1.29, 1.82) is 0 Å². The van der Waals surface area contributed by atoms with Crippen molar-refractivity contribution < 1.29 is 28.1 Å².